The van der Waals surface area contributed by atoms with Gasteiger partial charge in [-0.1, -0.05) is 23.4 Å². The average molecular weight is 304 g/mol. The van der Waals surface area contributed by atoms with Gasteiger partial charge in [-0.3, -0.25) is 4.79 Å². The fourth-order valence-electron chi connectivity index (χ4n) is 1.68. The molecule has 2 rings (SSSR count). The summed E-state index contributed by atoms with van der Waals surface area (Å²) in [5, 5.41) is 12.0. The molecule has 4 nitrogen and oxygen atoms in total. The minimum Gasteiger partial charge on any atom is -0.456 e. The molecule has 0 aliphatic carbocycles. The van der Waals surface area contributed by atoms with Crippen LogP contribution in [0, 0.1) is 18.8 Å². The lowest BCUT2D eigenvalue weighted by molar-refractivity contribution is 0.0995. The van der Waals surface area contributed by atoms with Gasteiger partial charge in [0.1, 0.15) is 5.76 Å². The van der Waals surface area contributed by atoms with Crippen molar-refractivity contribution in [2.45, 2.75) is 13.3 Å². The molecule has 0 unspecified atom stereocenters. The van der Waals surface area contributed by atoms with Crippen molar-refractivity contribution in [1.29, 1.82) is 0 Å². The van der Waals surface area contributed by atoms with Gasteiger partial charge in [0.2, 0.25) is 0 Å². The maximum absolute atomic E-state index is 12.1. The van der Waals surface area contributed by atoms with Gasteiger partial charge in [0.25, 0.3) is 5.91 Å². The first-order chi connectivity index (χ1) is 10.1. The van der Waals surface area contributed by atoms with Crippen LogP contribution < -0.4 is 5.32 Å². The second-order valence-corrected chi connectivity index (χ2v) is 4.77. The lowest BCUT2D eigenvalue weighted by atomic mass is 10.1. The Kier molecular flexibility index (Phi) is 5.04. The van der Waals surface area contributed by atoms with Crippen LogP contribution in [-0.2, 0) is 0 Å². The number of aliphatic hydroxyl groups is 1. The van der Waals surface area contributed by atoms with Crippen molar-refractivity contribution in [3.8, 4) is 11.8 Å². The second kappa shape index (κ2) is 6.98. The summed E-state index contributed by atoms with van der Waals surface area (Å²) in [4.78, 5) is 12.1. The molecule has 1 aromatic heterocycles. The highest BCUT2D eigenvalue weighted by Gasteiger charge is 2.12. The predicted octanol–water partition coefficient (Wildman–Crippen LogP) is 3.23. The number of nitrogens with one attached hydrogen (secondary N) is 1. The van der Waals surface area contributed by atoms with Crippen LogP contribution in [0.25, 0.3) is 0 Å². The summed E-state index contributed by atoms with van der Waals surface area (Å²) in [5.74, 6) is 6.22. The van der Waals surface area contributed by atoms with Crippen LogP contribution >= 0.6 is 11.6 Å². The Labute approximate surface area is 127 Å². The topological polar surface area (TPSA) is 62.5 Å². The van der Waals surface area contributed by atoms with Gasteiger partial charge in [-0.15, -0.1) is 0 Å². The Morgan fingerprint density at radius 2 is 2.19 bits per heavy atom. The smallest absolute Gasteiger partial charge is 0.291 e. The Bertz CT molecular complexity index is 710. The van der Waals surface area contributed by atoms with Crippen LogP contribution in [-0.4, -0.2) is 17.6 Å². The molecule has 0 fully saturated rings. The molecule has 0 saturated carbocycles. The van der Waals surface area contributed by atoms with Crippen LogP contribution in [0.15, 0.2) is 34.7 Å². The van der Waals surface area contributed by atoms with E-state index >= 15 is 0 Å². The number of aryl methyl sites for hydroxylation is 1. The van der Waals surface area contributed by atoms with Crippen molar-refractivity contribution >= 4 is 23.2 Å². The zero-order valence-corrected chi connectivity index (χ0v) is 12.2. The first-order valence-electron chi connectivity index (χ1n) is 6.37. The normalized spacial score (nSPS) is 9.86. The number of carbonyl (C=O) groups is 1. The summed E-state index contributed by atoms with van der Waals surface area (Å²) in [6.45, 7) is 1.76. The Balaban J connectivity index is 2.24. The molecule has 0 spiro atoms. The molecule has 0 radical (unpaired) electrons. The van der Waals surface area contributed by atoms with Crippen LogP contribution in [0.3, 0.4) is 0 Å². The minimum atomic E-state index is -0.365. The molecule has 1 amide bonds. The van der Waals surface area contributed by atoms with Crippen molar-refractivity contribution in [3.05, 3.63) is 52.4 Å². The third-order valence-electron chi connectivity index (χ3n) is 2.65. The number of hydrogen-bond acceptors (Lipinski definition) is 3. The fourth-order valence-corrected chi connectivity index (χ4v) is 1.86. The molecule has 1 heterocycles. The number of aliphatic hydroxyl groups excluding tert-OH is 1. The highest BCUT2D eigenvalue weighted by Crippen LogP contribution is 2.21. The summed E-state index contributed by atoms with van der Waals surface area (Å²) >= 11 is 5.95. The van der Waals surface area contributed by atoms with Crippen molar-refractivity contribution in [2.24, 2.45) is 0 Å². The standard InChI is InChI=1S/C16H14ClNO3/c1-11-5-8-15(21-11)16(20)18-14-10-13(17)7-6-12(14)4-2-3-9-19/h5-8,10,19H,3,9H2,1H3,(H,18,20). The molecule has 0 aliphatic heterocycles. The molecular weight excluding hydrogens is 290 g/mol. The third-order valence-corrected chi connectivity index (χ3v) is 2.89. The van der Waals surface area contributed by atoms with Crippen LogP contribution in [0.2, 0.25) is 5.02 Å². The maximum atomic E-state index is 12.1. The van der Waals surface area contributed by atoms with Gasteiger partial charge in [-0.25, -0.2) is 0 Å². The summed E-state index contributed by atoms with van der Waals surface area (Å²) in [5.41, 5.74) is 1.14. The number of hydrogen-bond donors (Lipinski definition) is 2. The first-order valence-corrected chi connectivity index (χ1v) is 6.75. The SMILES string of the molecule is Cc1ccc(C(=O)Nc2cc(Cl)ccc2C#CCCO)o1. The van der Waals surface area contributed by atoms with Gasteiger partial charge in [0.15, 0.2) is 5.76 Å². The van der Waals surface area contributed by atoms with Gasteiger partial charge >= 0.3 is 0 Å². The van der Waals surface area contributed by atoms with Crippen LogP contribution in [0.4, 0.5) is 5.69 Å². The maximum Gasteiger partial charge on any atom is 0.291 e. The zero-order chi connectivity index (χ0) is 15.2. The van der Waals surface area contributed by atoms with Crippen molar-refractivity contribution in [3.63, 3.8) is 0 Å². The van der Waals surface area contributed by atoms with E-state index < -0.39 is 0 Å². The van der Waals surface area contributed by atoms with E-state index in [0.29, 0.717) is 28.5 Å². The van der Waals surface area contributed by atoms with E-state index in [0.717, 1.165) is 0 Å². The van der Waals surface area contributed by atoms with E-state index in [-0.39, 0.29) is 18.3 Å². The van der Waals surface area contributed by atoms with Gasteiger partial charge in [-0.2, -0.15) is 0 Å². The lowest BCUT2D eigenvalue weighted by Crippen LogP contribution is -2.12. The van der Waals surface area contributed by atoms with Crippen molar-refractivity contribution < 1.29 is 14.3 Å². The quantitative estimate of drug-likeness (QED) is 0.856. The van der Waals surface area contributed by atoms with Gasteiger partial charge < -0.3 is 14.8 Å². The molecule has 0 atom stereocenters. The molecule has 1 aromatic carbocycles. The third kappa shape index (κ3) is 4.12. The largest absolute Gasteiger partial charge is 0.456 e. The number of rotatable bonds is 3. The van der Waals surface area contributed by atoms with E-state index in [2.05, 4.69) is 17.2 Å². The van der Waals surface area contributed by atoms with E-state index in [9.17, 15) is 4.79 Å². The molecule has 0 bridgehead atoms. The second-order valence-electron chi connectivity index (χ2n) is 4.33. The predicted molar refractivity (Wildman–Crippen MR) is 81.4 cm³/mol. The molecule has 21 heavy (non-hydrogen) atoms. The number of amides is 1. The zero-order valence-electron chi connectivity index (χ0n) is 11.4. The summed E-state index contributed by atoms with van der Waals surface area (Å²) in [7, 11) is 0. The first kappa shape index (κ1) is 15.2. The molecule has 5 heteroatoms. The Hall–Kier alpha value is -2.22. The molecule has 0 saturated heterocycles. The highest BCUT2D eigenvalue weighted by molar-refractivity contribution is 6.31. The number of halogens is 1. The lowest BCUT2D eigenvalue weighted by Gasteiger charge is -2.06. The van der Waals surface area contributed by atoms with Gasteiger partial charge in [-0.05, 0) is 37.3 Å². The number of anilines is 1. The molecule has 108 valence electrons. The van der Waals surface area contributed by atoms with E-state index in [1.54, 1.807) is 37.3 Å². The van der Waals surface area contributed by atoms with E-state index in [1.165, 1.54) is 0 Å². The van der Waals surface area contributed by atoms with Crippen molar-refractivity contribution in [2.75, 3.05) is 11.9 Å². The fraction of sp³-hybridized carbons (Fsp3) is 0.188. The van der Waals surface area contributed by atoms with E-state index in [4.69, 9.17) is 21.1 Å². The van der Waals surface area contributed by atoms with Gasteiger partial charge in [0.05, 0.1) is 12.3 Å². The highest BCUT2D eigenvalue weighted by atomic mass is 35.5. The van der Waals surface area contributed by atoms with Crippen molar-refractivity contribution in [1.82, 2.24) is 0 Å². The summed E-state index contributed by atoms with van der Waals surface area (Å²) in [6.07, 6.45) is 0.368. The molecule has 2 N–H and O–H groups in total. The number of benzene rings is 1. The monoisotopic (exact) mass is 303 g/mol. The van der Waals surface area contributed by atoms with Crippen LogP contribution in [0.5, 0.6) is 0 Å². The summed E-state index contributed by atoms with van der Waals surface area (Å²) < 4.78 is 5.27. The number of furan rings is 1. The van der Waals surface area contributed by atoms with E-state index in [1.807, 2.05) is 0 Å². The van der Waals surface area contributed by atoms with Crippen LogP contribution in [0.1, 0.15) is 28.3 Å². The Morgan fingerprint density at radius 1 is 1.38 bits per heavy atom. The summed E-state index contributed by atoms with van der Waals surface area (Å²) in [6, 6.07) is 8.35. The van der Waals surface area contributed by atoms with Gasteiger partial charge in [0, 0.05) is 17.0 Å². The Morgan fingerprint density at radius 3 is 2.86 bits per heavy atom. The molecular formula is C16H14ClNO3. The molecule has 0 aliphatic rings. The number of carbonyl (C=O) groups excluding carboxylic acids is 1. The molecule has 2 aromatic rings. The minimum absolute atomic E-state index is 0.00600. The average Bonchev–Trinajstić information content (AvgIpc) is 2.88.